The highest BCUT2D eigenvalue weighted by molar-refractivity contribution is 5.84. The second-order valence-corrected chi connectivity index (χ2v) is 7.56. The number of hydrogen-bond acceptors (Lipinski definition) is 2. The molecule has 0 aromatic carbocycles. The fourth-order valence-corrected chi connectivity index (χ4v) is 3.67. The van der Waals surface area contributed by atoms with Crippen molar-refractivity contribution in [2.45, 2.75) is 92.4 Å². The average Bonchev–Trinajstić information content (AvgIpc) is 2.65. The van der Waals surface area contributed by atoms with E-state index >= 15 is 0 Å². The summed E-state index contributed by atoms with van der Waals surface area (Å²) >= 11 is 0. The van der Waals surface area contributed by atoms with Gasteiger partial charge in [-0.1, -0.05) is 54.4 Å². The Morgan fingerprint density at radius 2 is 1.52 bits per heavy atom. The number of carbonyl (C=O) groups excluding carboxylic acids is 1. The van der Waals surface area contributed by atoms with Crippen molar-refractivity contribution in [2.75, 3.05) is 0 Å². The molecule has 1 fully saturated rings. The predicted octanol–water partition coefficient (Wildman–Crippen LogP) is 4.03. The molecule has 1 rings (SSSR count). The average molecular weight is 296 g/mol. The first-order chi connectivity index (χ1) is 9.81. The highest BCUT2D eigenvalue weighted by Crippen LogP contribution is 2.28. The maximum absolute atomic E-state index is 12.9. The van der Waals surface area contributed by atoms with Gasteiger partial charge in [0.05, 0.1) is 12.2 Å². The third kappa shape index (κ3) is 4.70. The summed E-state index contributed by atoms with van der Waals surface area (Å²) in [4.78, 5) is 15.0. The quantitative estimate of drug-likeness (QED) is 0.733. The van der Waals surface area contributed by atoms with Crippen LogP contribution >= 0.6 is 0 Å². The van der Waals surface area contributed by atoms with Gasteiger partial charge in [0.2, 0.25) is 5.91 Å². The van der Waals surface area contributed by atoms with Crippen LogP contribution in [0.5, 0.6) is 0 Å². The van der Waals surface area contributed by atoms with Crippen LogP contribution in [0.4, 0.5) is 0 Å². The van der Waals surface area contributed by atoms with Crippen molar-refractivity contribution in [3.63, 3.8) is 0 Å². The molecule has 1 aliphatic heterocycles. The molecule has 0 spiro atoms. The zero-order valence-electron chi connectivity index (χ0n) is 15.1. The first-order valence-electron chi connectivity index (χ1n) is 8.89. The number of hydrogen-bond donors (Lipinski definition) is 1. The molecule has 3 atom stereocenters. The van der Waals surface area contributed by atoms with Gasteiger partial charge in [-0.3, -0.25) is 10.1 Å². The van der Waals surface area contributed by atoms with Crippen LogP contribution in [-0.4, -0.2) is 29.1 Å². The van der Waals surface area contributed by atoms with Crippen LogP contribution < -0.4 is 5.32 Å². The van der Waals surface area contributed by atoms with Gasteiger partial charge in [0.25, 0.3) is 0 Å². The molecule has 0 radical (unpaired) electrons. The minimum atomic E-state index is 0.0190. The van der Waals surface area contributed by atoms with E-state index in [9.17, 15) is 4.79 Å². The molecule has 3 nitrogen and oxygen atoms in total. The maximum Gasteiger partial charge on any atom is 0.241 e. The third-order valence-corrected chi connectivity index (χ3v) is 4.85. The second-order valence-electron chi connectivity index (χ2n) is 7.56. The summed E-state index contributed by atoms with van der Waals surface area (Å²) in [6.07, 6.45) is 4.50. The van der Waals surface area contributed by atoms with Gasteiger partial charge in [-0.15, -0.1) is 0 Å². The second kappa shape index (κ2) is 8.17. The lowest BCUT2D eigenvalue weighted by atomic mass is 9.93. The standard InChI is InChI=1S/C18H36N2O/c1-8-15(9-2)14(7)20-17(11-13(5)6)19-16(18(20)21)10-12(3)4/h12-17,19H,8-11H2,1-7H3. The largest absolute Gasteiger partial charge is 0.323 e. The Morgan fingerprint density at radius 3 is 1.95 bits per heavy atom. The van der Waals surface area contributed by atoms with Crippen LogP contribution in [0.15, 0.2) is 0 Å². The summed E-state index contributed by atoms with van der Waals surface area (Å²) < 4.78 is 0. The van der Waals surface area contributed by atoms with Gasteiger partial charge < -0.3 is 4.90 Å². The van der Waals surface area contributed by atoms with Crippen LogP contribution in [0.2, 0.25) is 0 Å². The molecule has 0 aliphatic carbocycles. The van der Waals surface area contributed by atoms with Crippen molar-refractivity contribution in [1.82, 2.24) is 10.2 Å². The lowest BCUT2D eigenvalue weighted by Gasteiger charge is -2.35. The maximum atomic E-state index is 12.9. The summed E-state index contributed by atoms with van der Waals surface area (Å²) in [7, 11) is 0. The van der Waals surface area contributed by atoms with Crippen molar-refractivity contribution in [1.29, 1.82) is 0 Å². The van der Waals surface area contributed by atoms with Gasteiger partial charge in [-0.2, -0.15) is 0 Å². The lowest BCUT2D eigenvalue weighted by Crippen LogP contribution is -2.47. The molecule has 3 unspecified atom stereocenters. The van der Waals surface area contributed by atoms with Gasteiger partial charge >= 0.3 is 0 Å². The molecule has 0 bridgehead atoms. The topological polar surface area (TPSA) is 32.3 Å². The van der Waals surface area contributed by atoms with Gasteiger partial charge in [-0.05, 0) is 37.5 Å². The predicted molar refractivity (Wildman–Crippen MR) is 90.0 cm³/mol. The van der Waals surface area contributed by atoms with Crippen molar-refractivity contribution in [3.05, 3.63) is 0 Å². The van der Waals surface area contributed by atoms with Gasteiger partial charge in [-0.25, -0.2) is 0 Å². The van der Waals surface area contributed by atoms with Crippen LogP contribution in [0, 0.1) is 17.8 Å². The van der Waals surface area contributed by atoms with E-state index in [-0.39, 0.29) is 12.2 Å². The van der Waals surface area contributed by atoms with Gasteiger partial charge in [0.15, 0.2) is 0 Å². The number of carbonyl (C=O) groups is 1. The summed E-state index contributed by atoms with van der Waals surface area (Å²) in [6, 6.07) is 0.353. The minimum absolute atomic E-state index is 0.0190. The van der Waals surface area contributed by atoms with Crippen LogP contribution in [0.1, 0.15) is 74.1 Å². The number of amides is 1. The van der Waals surface area contributed by atoms with Gasteiger partial charge in [0.1, 0.15) is 0 Å². The monoisotopic (exact) mass is 296 g/mol. The Hall–Kier alpha value is -0.570. The highest BCUT2D eigenvalue weighted by Gasteiger charge is 2.42. The Morgan fingerprint density at radius 1 is 1.00 bits per heavy atom. The van der Waals surface area contributed by atoms with Gasteiger partial charge in [0, 0.05) is 6.04 Å². The van der Waals surface area contributed by atoms with Crippen molar-refractivity contribution < 1.29 is 4.79 Å². The SMILES string of the molecule is CCC(CC)C(C)N1C(=O)C(CC(C)C)NC1CC(C)C. The molecule has 1 N–H and O–H groups in total. The molecular weight excluding hydrogens is 260 g/mol. The molecular formula is C18H36N2O. The molecule has 1 heterocycles. The molecule has 3 heteroatoms. The molecule has 0 saturated carbocycles. The summed E-state index contributed by atoms with van der Waals surface area (Å²) in [5.41, 5.74) is 0. The minimum Gasteiger partial charge on any atom is -0.323 e. The Kier molecular flexibility index (Phi) is 7.19. The Balaban J connectivity index is 2.90. The molecule has 124 valence electrons. The number of nitrogens with one attached hydrogen (secondary N) is 1. The fraction of sp³-hybridized carbons (Fsp3) is 0.944. The number of nitrogens with zero attached hydrogens (tertiary/aromatic N) is 1. The first-order valence-corrected chi connectivity index (χ1v) is 8.89. The van der Waals surface area contributed by atoms with E-state index in [1.807, 2.05) is 0 Å². The molecule has 21 heavy (non-hydrogen) atoms. The normalized spacial score (nSPS) is 24.7. The third-order valence-electron chi connectivity index (χ3n) is 4.85. The van der Waals surface area contributed by atoms with Crippen LogP contribution in [-0.2, 0) is 4.79 Å². The smallest absolute Gasteiger partial charge is 0.241 e. The van der Waals surface area contributed by atoms with E-state index < -0.39 is 0 Å². The molecule has 0 aromatic heterocycles. The van der Waals surface area contributed by atoms with Crippen molar-refractivity contribution in [3.8, 4) is 0 Å². The zero-order chi connectivity index (χ0) is 16.2. The van der Waals surface area contributed by atoms with E-state index in [0.717, 1.165) is 25.7 Å². The fourth-order valence-electron chi connectivity index (χ4n) is 3.67. The van der Waals surface area contributed by atoms with Crippen LogP contribution in [0.25, 0.3) is 0 Å². The Bertz CT molecular complexity index is 323. The number of rotatable bonds is 8. The molecule has 0 aromatic rings. The molecule has 1 aliphatic rings. The first kappa shape index (κ1) is 18.5. The summed E-state index contributed by atoms with van der Waals surface area (Å²) in [5.74, 6) is 2.08. The van der Waals surface area contributed by atoms with Crippen molar-refractivity contribution >= 4 is 5.91 Å². The zero-order valence-corrected chi connectivity index (χ0v) is 15.1. The van der Waals surface area contributed by atoms with Crippen LogP contribution in [0.3, 0.4) is 0 Å². The van der Waals surface area contributed by atoms with E-state index in [1.54, 1.807) is 0 Å². The summed E-state index contributed by atoms with van der Waals surface area (Å²) in [6.45, 7) is 15.6. The summed E-state index contributed by atoms with van der Waals surface area (Å²) in [5, 5.41) is 3.61. The van der Waals surface area contributed by atoms with Crippen molar-refractivity contribution in [2.24, 2.45) is 17.8 Å². The molecule has 1 amide bonds. The van der Waals surface area contributed by atoms with E-state index in [1.165, 1.54) is 0 Å². The van der Waals surface area contributed by atoms with E-state index in [2.05, 4.69) is 58.7 Å². The molecule has 1 saturated heterocycles. The van der Waals surface area contributed by atoms with E-state index in [4.69, 9.17) is 0 Å². The highest BCUT2D eigenvalue weighted by atomic mass is 16.2. The Labute approximate surface area is 131 Å². The van der Waals surface area contributed by atoms with E-state index in [0.29, 0.717) is 29.7 Å². The lowest BCUT2D eigenvalue weighted by molar-refractivity contribution is -0.133.